The van der Waals surface area contributed by atoms with Gasteiger partial charge in [0.15, 0.2) is 0 Å². The van der Waals surface area contributed by atoms with Gasteiger partial charge in [-0.1, -0.05) is 53.5 Å². The minimum atomic E-state index is -3.70. The molecule has 1 heterocycles. The fourth-order valence-electron chi connectivity index (χ4n) is 4.47. The van der Waals surface area contributed by atoms with E-state index in [4.69, 9.17) is 23.2 Å². The molecule has 1 aliphatic heterocycles. The lowest BCUT2D eigenvalue weighted by Crippen LogP contribution is -2.47. The van der Waals surface area contributed by atoms with Gasteiger partial charge in [-0.3, -0.25) is 13.9 Å². The van der Waals surface area contributed by atoms with Crippen molar-refractivity contribution in [3.8, 4) is 0 Å². The van der Waals surface area contributed by atoms with E-state index in [9.17, 15) is 18.0 Å². The van der Waals surface area contributed by atoms with Crippen LogP contribution in [-0.2, 0) is 26.2 Å². The molecular weight excluding hydrogens is 521 g/mol. The highest BCUT2D eigenvalue weighted by molar-refractivity contribution is 7.93. The highest BCUT2D eigenvalue weighted by atomic mass is 35.5. The number of hydrogen-bond acceptors (Lipinski definition) is 4. The molecule has 1 aliphatic rings. The molecule has 1 atom stereocenters. The molecule has 0 bridgehead atoms. The molecule has 0 radical (unpaired) electrons. The fraction of sp³-hybridized carbons (Fsp3) is 0.308. The van der Waals surface area contributed by atoms with Gasteiger partial charge in [-0.25, -0.2) is 8.42 Å². The zero-order chi connectivity index (χ0) is 26.0. The summed E-state index contributed by atoms with van der Waals surface area (Å²) in [4.78, 5) is 27.7. The molecule has 1 N–H and O–H groups in total. The van der Waals surface area contributed by atoms with Gasteiger partial charge in [0.1, 0.15) is 6.04 Å². The fourth-order valence-corrected chi connectivity index (χ4v) is 6.74. The minimum Gasteiger partial charge on any atom is -0.355 e. The summed E-state index contributed by atoms with van der Waals surface area (Å²) >= 11 is 12.7. The summed E-state index contributed by atoms with van der Waals surface area (Å²) in [6, 6.07) is 15.0. The van der Waals surface area contributed by atoms with Gasteiger partial charge in [0.2, 0.25) is 11.8 Å². The van der Waals surface area contributed by atoms with Gasteiger partial charge in [0.05, 0.1) is 10.6 Å². The molecule has 1 unspecified atom stereocenters. The second-order valence-corrected chi connectivity index (χ2v) is 11.2. The van der Waals surface area contributed by atoms with Gasteiger partial charge >= 0.3 is 0 Å². The number of sulfonamides is 1. The molecule has 0 aromatic heterocycles. The van der Waals surface area contributed by atoms with E-state index in [-0.39, 0.29) is 42.6 Å². The van der Waals surface area contributed by atoms with Crippen LogP contribution in [0, 0.1) is 0 Å². The summed E-state index contributed by atoms with van der Waals surface area (Å²) in [5.74, 6) is -0.588. The van der Waals surface area contributed by atoms with Gasteiger partial charge in [-0.15, -0.1) is 0 Å². The maximum absolute atomic E-state index is 13.4. The average Bonchev–Trinajstić information content (AvgIpc) is 3.06. The van der Waals surface area contributed by atoms with Crippen LogP contribution in [0.5, 0.6) is 0 Å². The van der Waals surface area contributed by atoms with Crippen molar-refractivity contribution in [1.29, 1.82) is 0 Å². The van der Waals surface area contributed by atoms with Crippen LogP contribution in [0.4, 0.5) is 5.69 Å². The molecule has 0 aliphatic carbocycles. The number of halogens is 2. The van der Waals surface area contributed by atoms with Crippen molar-refractivity contribution < 1.29 is 18.0 Å². The maximum atomic E-state index is 13.4. The average molecular weight is 548 g/mol. The highest BCUT2D eigenvalue weighted by Gasteiger charge is 2.35. The van der Waals surface area contributed by atoms with Gasteiger partial charge in [0, 0.05) is 47.1 Å². The van der Waals surface area contributed by atoms with E-state index in [0.717, 1.165) is 5.39 Å². The largest absolute Gasteiger partial charge is 0.355 e. The van der Waals surface area contributed by atoms with E-state index in [2.05, 4.69) is 5.32 Å². The van der Waals surface area contributed by atoms with Gasteiger partial charge in [-0.05, 0) is 49.9 Å². The van der Waals surface area contributed by atoms with E-state index in [1.165, 1.54) is 9.21 Å². The number of nitrogens with zero attached hydrogens (tertiary/aromatic N) is 2. The van der Waals surface area contributed by atoms with Crippen molar-refractivity contribution in [3.05, 3.63) is 70.2 Å². The Labute approximate surface area is 221 Å². The smallest absolute Gasteiger partial charge is 0.265 e. The number of benzene rings is 3. The molecule has 0 saturated carbocycles. The van der Waals surface area contributed by atoms with Crippen LogP contribution in [0.15, 0.2) is 59.5 Å². The Morgan fingerprint density at radius 1 is 1.03 bits per heavy atom. The number of likely N-dealkylation sites (N-methyl/N-ethyl adjacent to an activating group) is 1. The Morgan fingerprint density at radius 3 is 2.33 bits per heavy atom. The van der Waals surface area contributed by atoms with Crippen LogP contribution in [-0.4, -0.2) is 44.3 Å². The van der Waals surface area contributed by atoms with Crippen molar-refractivity contribution in [2.75, 3.05) is 17.4 Å². The van der Waals surface area contributed by atoms with Crippen LogP contribution in [0.3, 0.4) is 0 Å². The van der Waals surface area contributed by atoms with E-state index in [1.54, 1.807) is 50.2 Å². The predicted molar refractivity (Wildman–Crippen MR) is 143 cm³/mol. The van der Waals surface area contributed by atoms with E-state index >= 15 is 0 Å². The van der Waals surface area contributed by atoms with Gasteiger partial charge in [0.25, 0.3) is 10.0 Å². The summed E-state index contributed by atoms with van der Waals surface area (Å²) in [6.45, 7) is 4.07. The zero-order valence-electron chi connectivity index (χ0n) is 20.0. The summed E-state index contributed by atoms with van der Waals surface area (Å²) in [5.41, 5.74) is 1.17. The predicted octanol–water partition coefficient (Wildman–Crippen LogP) is 4.99. The summed E-state index contributed by atoms with van der Waals surface area (Å²) in [7, 11) is -3.70. The zero-order valence-corrected chi connectivity index (χ0v) is 22.3. The molecule has 0 spiro atoms. The number of carbonyl (C=O) groups excluding carboxylic acids is 2. The van der Waals surface area contributed by atoms with Crippen molar-refractivity contribution in [3.63, 3.8) is 0 Å². The molecule has 2 amide bonds. The summed E-state index contributed by atoms with van der Waals surface area (Å²) in [5, 5.41) is 5.10. The molecular formula is C26H27Cl2N3O4S. The molecule has 190 valence electrons. The van der Waals surface area contributed by atoms with E-state index in [0.29, 0.717) is 33.2 Å². The quantitative estimate of drug-likeness (QED) is 0.408. The van der Waals surface area contributed by atoms with Crippen molar-refractivity contribution in [1.82, 2.24) is 10.2 Å². The number of amides is 2. The van der Waals surface area contributed by atoms with Crippen molar-refractivity contribution in [2.45, 2.75) is 44.2 Å². The van der Waals surface area contributed by atoms with Crippen LogP contribution in [0.2, 0.25) is 10.0 Å². The summed E-state index contributed by atoms with van der Waals surface area (Å²) in [6.07, 6.45) is 0.321. The number of hydrogen-bond donors (Lipinski definition) is 1. The van der Waals surface area contributed by atoms with E-state index < -0.39 is 16.1 Å². The third-order valence-corrected chi connectivity index (χ3v) is 8.91. The second-order valence-electron chi connectivity index (χ2n) is 8.60. The first-order valence-corrected chi connectivity index (χ1v) is 13.9. The maximum Gasteiger partial charge on any atom is 0.265 e. The third-order valence-electron chi connectivity index (χ3n) is 6.34. The van der Waals surface area contributed by atoms with Gasteiger partial charge in [-0.2, -0.15) is 0 Å². The standard InChI is InChI=1S/C26H27Cl2N3O4S/c1-3-29-26(33)17(2)30(16-19-20(27)10-6-11-21(19)28)24(32)14-7-15-31-22-12-4-8-18-9-5-13-23(25(18)22)36(31,34)35/h4-6,8-13,17H,3,7,14-16H2,1-2H3,(H,29,33). The Balaban J connectivity index is 1.52. The molecule has 3 aromatic rings. The van der Waals surface area contributed by atoms with Crippen molar-refractivity contribution >= 4 is 61.5 Å². The Kier molecular flexibility index (Phi) is 7.78. The van der Waals surface area contributed by atoms with Crippen LogP contribution >= 0.6 is 23.2 Å². The summed E-state index contributed by atoms with van der Waals surface area (Å²) < 4.78 is 27.8. The Morgan fingerprint density at radius 2 is 1.67 bits per heavy atom. The minimum absolute atomic E-state index is 0.0458. The lowest BCUT2D eigenvalue weighted by Gasteiger charge is -2.29. The van der Waals surface area contributed by atoms with Crippen LogP contribution < -0.4 is 9.62 Å². The molecule has 3 aromatic carbocycles. The molecule has 0 saturated heterocycles. The first-order valence-electron chi connectivity index (χ1n) is 11.7. The van der Waals surface area contributed by atoms with Gasteiger partial charge < -0.3 is 10.2 Å². The van der Waals surface area contributed by atoms with Crippen molar-refractivity contribution in [2.24, 2.45) is 0 Å². The second kappa shape index (κ2) is 10.7. The SMILES string of the molecule is CCNC(=O)C(C)N(Cc1c(Cl)cccc1Cl)C(=O)CCCN1c2cccc3cccc(c23)S1(=O)=O. The number of rotatable bonds is 9. The highest BCUT2D eigenvalue weighted by Crippen LogP contribution is 2.42. The molecule has 36 heavy (non-hydrogen) atoms. The van der Waals surface area contributed by atoms with Crippen LogP contribution in [0.25, 0.3) is 10.8 Å². The van der Waals surface area contributed by atoms with Crippen LogP contribution in [0.1, 0.15) is 32.3 Å². The first kappa shape index (κ1) is 26.3. The number of carbonyl (C=O) groups is 2. The lowest BCUT2D eigenvalue weighted by atomic mass is 10.1. The molecule has 7 nitrogen and oxygen atoms in total. The topological polar surface area (TPSA) is 86.8 Å². The Bertz CT molecular complexity index is 1400. The normalized spacial score (nSPS) is 14.6. The Hall–Kier alpha value is -2.81. The molecule has 0 fully saturated rings. The van der Waals surface area contributed by atoms with E-state index in [1.807, 2.05) is 18.2 Å². The monoisotopic (exact) mass is 547 g/mol. The third kappa shape index (κ3) is 4.90. The number of nitrogens with one attached hydrogen (secondary N) is 1. The molecule has 4 rings (SSSR count). The molecule has 10 heteroatoms. The first-order chi connectivity index (χ1) is 17.2. The number of anilines is 1. The lowest BCUT2D eigenvalue weighted by molar-refractivity contribution is -0.140.